The fraction of sp³-hybridized carbons (Fsp3) is 0.538. The van der Waals surface area contributed by atoms with Crippen molar-refractivity contribution in [2.75, 3.05) is 12.4 Å². The van der Waals surface area contributed by atoms with E-state index in [1.54, 1.807) is 19.3 Å². The molecule has 18 heavy (non-hydrogen) atoms. The first-order valence-corrected chi connectivity index (χ1v) is 7.05. The molecule has 1 fully saturated rings. The Bertz CT molecular complexity index is 452. The molecule has 2 N–H and O–H groups in total. The molecule has 0 atom stereocenters. The van der Waals surface area contributed by atoms with Crippen molar-refractivity contribution in [1.29, 1.82) is 0 Å². The van der Waals surface area contributed by atoms with Gasteiger partial charge < -0.3 is 10.6 Å². The molecular formula is C13H18BrN3O. The molecule has 0 radical (unpaired) electrons. The minimum absolute atomic E-state index is 0.00438. The predicted molar refractivity (Wildman–Crippen MR) is 75.8 cm³/mol. The van der Waals surface area contributed by atoms with Crippen LogP contribution in [0.1, 0.15) is 43.0 Å². The highest BCUT2D eigenvalue weighted by molar-refractivity contribution is 9.10. The molecule has 1 saturated carbocycles. The maximum absolute atomic E-state index is 12.3. The molecule has 1 heterocycles. The minimum atomic E-state index is -0.0466. The zero-order valence-electron chi connectivity index (χ0n) is 10.7. The van der Waals surface area contributed by atoms with E-state index in [1.165, 1.54) is 6.42 Å². The van der Waals surface area contributed by atoms with E-state index in [1.807, 2.05) is 0 Å². The van der Waals surface area contributed by atoms with Crippen molar-refractivity contribution >= 4 is 27.7 Å². The fourth-order valence-electron chi connectivity index (χ4n) is 2.29. The smallest absolute Gasteiger partial charge is 0.255 e. The van der Waals surface area contributed by atoms with Gasteiger partial charge in [-0.05, 0) is 47.7 Å². The summed E-state index contributed by atoms with van der Waals surface area (Å²) < 4.78 is 0.811. The molecule has 2 rings (SSSR count). The molecule has 0 aliphatic heterocycles. The summed E-state index contributed by atoms with van der Waals surface area (Å²) in [7, 11) is 1.77. The Morgan fingerprint density at radius 3 is 2.78 bits per heavy atom. The van der Waals surface area contributed by atoms with Crippen molar-refractivity contribution in [3.8, 4) is 0 Å². The third-order valence-corrected chi connectivity index (χ3v) is 4.14. The van der Waals surface area contributed by atoms with E-state index in [0.717, 1.165) is 23.7 Å². The molecule has 98 valence electrons. The van der Waals surface area contributed by atoms with Gasteiger partial charge in [0.2, 0.25) is 0 Å². The average molecular weight is 312 g/mol. The van der Waals surface area contributed by atoms with Gasteiger partial charge in [-0.15, -0.1) is 0 Å². The van der Waals surface area contributed by atoms with Crippen LogP contribution in [0.2, 0.25) is 0 Å². The van der Waals surface area contributed by atoms with Gasteiger partial charge in [0.25, 0.3) is 5.91 Å². The topological polar surface area (TPSA) is 54.0 Å². The number of carbonyl (C=O) groups excluding carboxylic acids is 1. The second kappa shape index (κ2) is 5.26. The summed E-state index contributed by atoms with van der Waals surface area (Å²) in [4.78, 5) is 16.5. The molecule has 0 bridgehead atoms. The Morgan fingerprint density at radius 1 is 1.56 bits per heavy atom. The van der Waals surface area contributed by atoms with E-state index in [4.69, 9.17) is 0 Å². The van der Waals surface area contributed by atoms with Gasteiger partial charge in [-0.25, -0.2) is 4.98 Å². The van der Waals surface area contributed by atoms with Gasteiger partial charge in [-0.1, -0.05) is 6.92 Å². The molecular weight excluding hydrogens is 294 g/mol. The van der Waals surface area contributed by atoms with E-state index in [-0.39, 0.29) is 11.4 Å². The molecule has 1 aromatic rings. The third kappa shape index (κ3) is 2.51. The summed E-state index contributed by atoms with van der Waals surface area (Å²) in [5, 5.41) is 6.11. The van der Waals surface area contributed by atoms with Crippen molar-refractivity contribution in [3.63, 3.8) is 0 Å². The summed E-state index contributed by atoms with van der Waals surface area (Å²) in [6.07, 6.45) is 6.01. The van der Waals surface area contributed by atoms with Crippen LogP contribution in [0.3, 0.4) is 0 Å². The van der Waals surface area contributed by atoms with Crippen LogP contribution in [-0.2, 0) is 0 Å². The van der Waals surface area contributed by atoms with Crippen molar-refractivity contribution < 1.29 is 4.79 Å². The number of hydrogen-bond acceptors (Lipinski definition) is 3. The first kappa shape index (κ1) is 13.3. The number of amides is 1. The van der Waals surface area contributed by atoms with Crippen molar-refractivity contribution in [2.24, 2.45) is 0 Å². The van der Waals surface area contributed by atoms with Gasteiger partial charge in [0, 0.05) is 23.3 Å². The molecule has 1 aliphatic carbocycles. The molecule has 1 aliphatic rings. The quantitative estimate of drug-likeness (QED) is 0.899. The molecule has 5 heteroatoms. The van der Waals surface area contributed by atoms with E-state index >= 15 is 0 Å². The van der Waals surface area contributed by atoms with Crippen LogP contribution in [0.4, 0.5) is 5.82 Å². The molecule has 0 spiro atoms. The SMILES string of the molecule is CCC1(NC(=O)c2cc(Br)cnc2NC)CCC1. The van der Waals surface area contributed by atoms with E-state index in [2.05, 4.69) is 38.5 Å². The monoisotopic (exact) mass is 311 g/mol. The second-order valence-electron chi connectivity index (χ2n) is 4.74. The standard InChI is InChI=1S/C13H18BrN3O/c1-3-13(5-4-6-13)17-12(18)10-7-9(14)8-16-11(10)15-2/h7-8H,3-6H2,1-2H3,(H,15,16)(H,17,18). The number of anilines is 1. The highest BCUT2D eigenvalue weighted by Crippen LogP contribution is 2.35. The summed E-state index contributed by atoms with van der Waals surface area (Å²) in [6.45, 7) is 2.12. The Kier molecular flexibility index (Phi) is 3.90. The highest BCUT2D eigenvalue weighted by atomic mass is 79.9. The number of carbonyl (C=O) groups is 1. The van der Waals surface area contributed by atoms with Crippen LogP contribution in [0.25, 0.3) is 0 Å². The average Bonchev–Trinajstić information content (AvgIpc) is 2.33. The second-order valence-corrected chi connectivity index (χ2v) is 5.66. The maximum atomic E-state index is 12.3. The number of aromatic nitrogens is 1. The number of pyridine rings is 1. The lowest BCUT2D eigenvalue weighted by Crippen LogP contribution is -2.53. The van der Waals surface area contributed by atoms with E-state index in [0.29, 0.717) is 11.4 Å². The summed E-state index contributed by atoms with van der Waals surface area (Å²) in [5.41, 5.74) is 0.594. The number of nitrogens with one attached hydrogen (secondary N) is 2. The van der Waals surface area contributed by atoms with Gasteiger partial charge in [-0.2, -0.15) is 0 Å². The molecule has 0 saturated heterocycles. The molecule has 1 amide bonds. The number of hydrogen-bond donors (Lipinski definition) is 2. The Labute approximate surface area is 116 Å². The van der Waals surface area contributed by atoms with Crippen LogP contribution in [-0.4, -0.2) is 23.5 Å². The van der Waals surface area contributed by atoms with Crippen LogP contribution in [0.15, 0.2) is 16.7 Å². The Hall–Kier alpha value is -1.10. The summed E-state index contributed by atoms with van der Waals surface area (Å²) in [5.74, 6) is 0.566. The van der Waals surface area contributed by atoms with E-state index in [9.17, 15) is 4.79 Å². The van der Waals surface area contributed by atoms with E-state index < -0.39 is 0 Å². The lowest BCUT2D eigenvalue weighted by Gasteiger charge is -2.42. The van der Waals surface area contributed by atoms with Crippen molar-refractivity contribution in [1.82, 2.24) is 10.3 Å². The van der Waals surface area contributed by atoms with Crippen LogP contribution >= 0.6 is 15.9 Å². The van der Waals surface area contributed by atoms with Gasteiger partial charge in [0.1, 0.15) is 5.82 Å². The zero-order valence-corrected chi connectivity index (χ0v) is 12.3. The largest absolute Gasteiger partial charge is 0.372 e. The molecule has 4 nitrogen and oxygen atoms in total. The lowest BCUT2D eigenvalue weighted by atomic mass is 9.74. The van der Waals surface area contributed by atoms with Gasteiger partial charge in [0.05, 0.1) is 5.56 Å². The zero-order chi connectivity index (χ0) is 13.2. The van der Waals surface area contributed by atoms with Crippen molar-refractivity contribution in [2.45, 2.75) is 38.1 Å². The fourth-order valence-corrected chi connectivity index (χ4v) is 2.62. The number of halogens is 1. The lowest BCUT2D eigenvalue weighted by molar-refractivity contribution is 0.0821. The predicted octanol–water partition coefficient (Wildman–Crippen LogP) is 2.95. The Balaban J connectivity index is 2.20. The van der Waals surface area contributed by atoms with Crippen LogP contribution in [0, 0.1) is 0 Å². The highest BCUT2D eigenvalue weighted by Gasteiger charge is 2.37. The Morgan fingerprint density at radius 2 is 2.28 bits per heavy atom. The molecule has 0 aromatic carbocycles. The van der Waals surface area contributed by atoms with Crippen LogP contribution < -0.4 is 10.6 Å². The molecule has 1 aromatic heterocycles. The molecule has 0 unspecified atom stereocenters. The van der Waals surface area contributed by atoms with Crippen molar-refractivity contribution in [3.05, 3.63) is 22.3 Å². The van der Waals surface area contributed by atoms with Gasteiger partial charge in [0.15, 0.2) is 0 Å². The summed E-state index contributed by atoms with van der Waals surface area (Å²) >= 11 is 3.35. The van der Waals surface area contributed by atoms with Gasteiger partial charge in [-0.3, -0.25) is 4.79 Å². The van der Waals surface area contributed by atoms with Gasteiger partial charge >= 0.3 is 0 Å². The summed E-state index contributed by atoms with van der Waals surface area (Å²) in [6, 6.07) is 1.80. The van der Waals surface area contributed by atoms with Crippen LogP contribution in [0.5, 0.6) is 0 Å². The number of nitrogens with zero attached hydrogens (tertiary/aromatic N) is 1. The minimum Gasteiger partial charge on any atom is -0.372 e. The normalized spacial score (nSPS) is 16.8. The first-order chi connectivity index (χ1) is 8.60. The number of rotatable bonds is 4. The first-order valence-electron chi connectivity index (χ1n) is 6.26. The third-order valence-electron chi connectivity index (χ3n) is 3.70. The maximum Gasteiger partial charge on any atom is 0.255 e.